The van der Waals surface area contributed by atoms with Crippen LogP contribution in [0.25, 0.3) is 0 Å². The summed E-state index contributed by atoms with van der Waals surface area (Å²) in [6.45, 7) is 6.20. The summed E-state index contributed by atoms with van der Waals surface area (Å²) < 4.78 is 27.4. The lowest BCUT2D eigenvalue weighted by Crippen LogP contribution is -2.38. The van der Waals surface area contributed by atoms with Gasteiger partial charge in [0.1, 0.15) is 0 Å². The van der Waals surface area contributed by atoms with Crippen molar-refractivity contribution in [2.45, 2.75) is 24.8 Å². The summed E-state index contributed by atoms with van der Waals surface area (Å²) in [5, 5.41) is 3.84. The molecule has 0 amide bonds. The molecule has 3 atom stereocenters. The Morgan fingerprint density at radius 3 is 2.80 bits per heavy atom. The molecule has 2 heterocycles. The van der Waals surface area contributed by atoms with Crippen molar-refractivity contribution in [2.24, 2.45) is 11.8 Å². The van der Waals surface area contributed by atoms with Crippen LogP contribution in [0.4, 0.5) is 0 Å². The van der Waals surface area contributed by atoms with E-state index >= 15 is 0 Å². The maximum Gasteiger partial charge on any atom is 0.243 e. The van der Waals surface area contributed by atoms with E-state index in [4.69, 9.17) is 11.6 Å². The molecule has 1 aromatic carbocycles. The predicted octanol–water partition coefficient (Wildman–Crippen LogP) is 1.88. The van der Waals surface area contributed by atoms with Gasteiger partial charge in [0.05, 0.1) is 4.90 Å². The zero-order valence-electron chi connectivity index (χ0n) is 11.6. The van der Waals surface area contributed by atoms with Gasteiger partial charge in [-0.05, 0) is 56.5 Å². The lowest BCUT2D eigenvalue weighted by atomic mass is 9.95. The monoisotopic (exact) mass is 314 g/mol. The normalized spacial score (nSPS) is 30.6. The summed E-state index contributed by atoms with van der Waals surface area (Å²) >= 11 is 6.07. The van der Waals surface area contributed by atoms with Crippen LogP contribution in [-0.4, -0.2) is 38.4 Å². The third kappa shape index (κ3) is 2.08. The highest BCUT2D eigenvalue weighted by Crippen LogP contribution is 2.37. The van der Waals surface area contributed by atoms with E-state index in [9.17, 15) is 8.42 Å². The van der Waals surface area contributed by atoms with Gasteiger partial charge in [0.2, 0.25) is 10.0 Å². The Balaban J connectivity index is 1.99. The highest BCUT2D eigenvalue weighted by molar-refractivity contribution is 7.89. The molecule has 2 saturated heterocycles. The van der Waals surface area contributed by atoms with Crippen molar-refractivity contribution in [2.75, 3.05) is 19.6 Å². The number of nitrogens with one attached hydrogen (secondary N) is 1. The number of nitrogens with zero attached hydrogens (tertiary/aromatic N) is 1. The summed E-state index contributed by atoms with van der Waals surface area (Å²) in [7, 11) is -3.46. The van der Waals surface area contributed by atoms with Crippen LogP contribution in [0.3, 0.4) is 0 Å². The molecule has 0 aliphatic carbocycles. The average Bonchev–Trinajstić information content (AvgIpc) is 2.96. The molecule has 0 spiro atoms. The van der Waals surface area contributed by atoms with Gasteiger partial charge in [-0.25, -0.2) is 8.42 Å². The van der Waals surface area contributed by atoms with Gasteiger partial charge in [0, 0.05) is 17.6 Å². The largest absolute Gasteiger partial charge is 0.316 e. The first kappa shape index (κ1) is 14.3. The van der Waals surface area contributed by atoms with Crippen molar-refractivity contribution in [3.8, 4) is 0 Å². The summed E-state index contributed by atoms with van der Waals surface area (Å²) in [6.07, 6.45) is 0. The minimum Gasteiger partial charge on any atom is -0.316 e. The molecule has 1 aromatic rings. The SMILES string of the molecule is Cc1c(Cl)cccc1S(=O)(=O)N1CC2CNCC2C1C. The second-order valence-corrected chi connectivity index (χ2v) is 8.03. The maximum atomic E-state index is 12.9. The molecule has 110 valence electrons. The van der Waals surface area contributed by atoms with Crippen molar-refractivity contribution in [1.82, 2.24) is 9.62 Å². The summed E-state index contributed by atoms with van der Waals surface area (Å²) in [5.74, 6) is 0.850. The number of sulfonamides is 1. The van der Waals surface area contributed by atoms with Crippen LogP contribution in [0, 0.1) is 18.8 Å². The fraction of sp³-hybridized carbons (Fsp3) is 0.571. The first-order valence-electron chi connectivity index (χ1n) is 6.90. The number of hydrogen-bond acceptors (Lipinski definition) is 3. The zero-order chi connectivity index (χ0) is 14.5. The summed E-state index contributed by atoms with van der Waals surface area (Å²) in [4.78, 5) is 0.338. The molecule has 1 N–H and O–H groups in total. The van der Waals surface area contributed by atoms with E-state index in [0.717, 1.165) is 13.1 Å². The predicted molar refractivity (Wildman–Crippen MR) is 79.4 cm³/mol. The van der Waals surface area contributed by atoms with E-state index in [2.05, 4.69) is 5.32 Å². The quantitative estimate of drug-likeness (QED) is 0.906. The van der Waals surface area contributed by atoms with E-state index in [-0.39, 0.29) is 6.04 Å². The highest BCUT2D eigenvalue weighted by Gasteiger charge is 2.47. The van der Waals surface area contributed by atoms with Crippen LogP contribution in [0.5, 0.6) is 0 Å². The molecule has 3 rings (SSSR count). The van der Waals surface area contributed by atoms with Gasteiger partial charge in [-0.1, -0.05) is 17.7 Å². The van der Waals surface area contributed by atoms with Gasteiger partial charge < -0.3 is 5.32 Å². The van der Waals surface area contributed by atoms with Gasteiger partial charge in [-0.15, -0.1) is 0 Å². The second-order valence-electron chi connectivity index (χ2n) is 5.76. The summed E-state index contributed by atoms with van der Waals surface area (Å²) in [6, 6.07) is 5.11. The van der Waals surface area contributed by atoms with Crippen LogP contribution in [0.1, 0.15) is 12.5 Å². The lowest BCUT2D eigenvalue weighted by molar-refractivity contribution is 0.360. The topological polar surface area (TPSA) is 49.4 Å². The van der Waals surface area contributed by atoms with E-state index in [1.165, 1.54) is 0 Å². The van der Waals surface area contributed by atoms with E-state index in [0.29, 0.717) is 33.9 Å². The standard InChI is InChI=1S/C14H19ClN2O2S/c1-9-13(15)4-3-5-14(9)20(18,19)17-8-11-6-16-7-12(11)10(17)2/h3-5,10-12,16H,6-8H2,1-2H3. The van der Waals surface area contributed by atoms with Gasteiger partial charge in [0.15, 0.2) is 0 Å². The molecular weight excluding hydrogens is 296 g/mol. The van der Waals surface area contributed by atoms with Crippen molar-refractivity contribution in [3.05, 3.63) is 28.8 Å². The Labute approximate surface area is 125 Å². The molecule has 0 radical (unpaired) electrons. The van der Waals surface area contributed by atoms with Crippen molar-refractivity contribution in [1.29, 1.82) is 0 Å². The minimum absolute atomic E-state index is 0.0402. The summed E-state index contributed by atoms with van der Waals surface area (Å²) in [5.41, 5.74) is 0.636. The molecule has 0 bridgehead atoms. The fourth-order valence-corrected chi connectivity index (χ4v) is 5.65. The first-order chi connectivity index (χ1) is 9.43. The van der Waals surface area contributed by atoms with Crippen LogP contribution in [0.2, 0.25) is 5.02 Å². The molecule has 20 heavy (non-hydrogen) atoms. The molecule has 0 saturated carbocycles. The van der Waals surface area contributed by atoms with E-state index in [1.54, 1.807) is 29.4 Å². The van der Waals surface area contributed by atoms with Gasteiger partial charge in [-0.3, -0.25) is 0 Å². The van der Waals surface area contributed by atoms with Gasteiger partial charge >= 0.3 is 0 Å². The average molecular weight is 315 g/mol. The van der Waals surface area contributed by atoms with Gasteiger partial charge in [0.25, 0.3) is 0 Å². The number of fused-ring (bicyclic) bond motifs is 1. The zero-order valence-corrected chi connectivity index (χ0v) is 13.2. The number of rotatable bonds is 2. The van der Waals surface area contributed by atoms with Gasteiger partial charge in [-0.2, -0.15) is 4.31 Å². The van der Waals surface area contributed by atoms with Crippen LogP contribution >= 0.6 is 11.6 Å². The second kappa shape index (κ2) is 4.98. The Hall–Kier alpha value is -0.620. The maximum absolute atomic E-state index is 12.9. The number of halogens is 1. The number of hydrogen-bond donors (Lipinski definition) is 1. The third-order valence-corrected chi connectivity index (χ3v) is 7.19. The molecule has 4 nitrogen and oxygen atoms in total. The molecule has 2 aliphatic heterocycles. The lowest BCUT2D eigenvalue weighted by Gasteiger charge is -2.24. The number of benzene rings is 1. The molecule has 0 aromatic heterocycles. The first-order valence-corrected chi connectivity index (χ1v) is 8.72. The van der Waals surface area contributed by atoms with Crippen molar-refractivity contribution < 1.29 is 8.42 Å². The van der Waals surface area contributed by atoms with E-state index in [1.807, 2.05) is 6.92 Å². The third-order valence-electron chi connectivity index (χ3n) is 4.69. The van der Waals surface area contributed by atoms with Crippen LogP contribution in [0.15, 0.2) is 23.1 Å². The Kier molecular flexibility index (Phi) is 3.57. The van der Waals surface area contributed by atoms with Crippen LogP contribution < -0.4 is 5.32 Å². The Bertz CT molecular complexity index is 632. The smallest absolute Gasteiger partial charge is 0.243 e. The molecular formula is C14H19ClN2O2S. The molecule has 2 aliphatic rings. The minimum atomic E-state index is -3.46. The molecule has 6 heteroatoms. The Morgan fingerprint density at radius 2 is 2.10 bits per heavy atom. The molecule has 3 unspecified atom stereocenters. The van der Waals surface area contributed by atoms with E-state index < -0.39 is 10.0 Å². The molecule has 2 fully saturated rings. The van der Waals surface area contributed by atoms with Crippen LogP contribution in [-0.2, 0) is 10.0 Å². The van der Waals surface area contributed by atoms with Crippen molar-refractivity contribution in [3.63, 3.8) is 0 Å². The highest BCUT2D eigenvalue weighted by atomic mass is 35.5. The Morgan fingerprint density at radius 1 is 1.35 bits per heavy atom. The van der Waals surface area contributed by atoms with Crippen molar-refractivity contribution >= 4 is 21.6 Å². The fourth-order valence-electron chi connectivity index (χ4n) is 3.44.